The molecule has 0 aliphatic heterocycles. The summed E-state index contributed by atoms with van der Waals surface area (Å²) in [5, 5.41) is 7.78. The predicted molar refractivity (Wildman–Crippen MR) is 172 cm³/mol. The van der Waals surface area contributed by atoms with Gasteiger partial charge in [-0.1, -0.05) is 139 Å². The van der Waals surface area contributed by atoms with Gasteiger partial charge >= 0.3 is 0 Å². The smallest absolute Gasteiger partial charge is 0.00261 e. The first-order chi connectivity index (χ1) is 18.7. The summed E-state index contributed by atoms with van der Waals surface area (Å²) in [6.07, 6.45) is 1.12. The molecule has 0 N–H and O–H groups in total. The van der Waals surface area contributed by atoms with Crippen LogP contribution in [0.5, 0.6) is 0 Å². The Bertz CT molecular complexity index is 1810. The molecule has 0 radical (unpaired) electrons. The summed E-state index contributed by atoms with van der Waals surface area (Å²) in [5.41, 5.74) is 8.23. The van der Waals surface area contributed by atoms with E-state index >= 15 is 0 Å². The van der Waals surface area contributed by atoms with E-state index in [-0.39, 0.29) is 10.8 Å². The van der Waals surface area contributed by atoms with Crippen LogP contribution in [0.1, 0.15) is 59.1 Å². The van der Waals surface area contributed by atoms with Gasteiger partial charge < -0.3 is 0 Å². The molecule has 0 spiro atoms. The first-order valence-electron chi connectivity index (χ1n) is 14.3. The minimum absolute atomic E-state index is 0.126. The van der Waals surface area contributed by atoms with Gasteiger partial charge in [-0.25, -0.2) is 0 Å². The number of hydrogen-bond acceptors (Lipinski definition) is 0. The molecule has 0 saturated heterocycles. The number of rotatable bonds is 4. The summed E-state index contributed by atoms with van der Waals surface area (Å²) < 4.78 is 0. The molecule has 0 atom stereocenters. The second-order valence-electron chi connectivity index (χ2n) is 12.7. The molecule has 194 valence electrons. The van der Waals surface area contributed by atoms with Crippen molar-refractivity contribution in [3.05, 3.63) is 120 Å². The highest BCUT2D eigenvalue weighted by molar-refractivity contribution is 6.23. The number of benzene rings is 6. The minimum Gasteiger partial charge on any atom is -0.0646 e. The van der Waals surface area contributed by atoms with Crippen molar-refractivity contribution in [1.82, 2.24) is 0 Å². The third kappa shape index (κ3) is 4.43. The lowest BCUT2D eigenvalue weighted by atomic mass is 9.80. The van der Waals surface area contributed by atoms with Gasteiger partial charge in [0, 0.05) is 0 Å². The standard InChI is InChI=1S/C39H38/c1-7-39(5,6)31-22-18-27(19-23-31)37-33-15-11-10-14-32(33)36(26-16-20-30(21-17-26)38(2,3)4)34-24-28-12-8-9-13-29(28)25-35(34)37/h8-25H,7H2,1-6H3. The average molecular weight is 507 g/mol. The Morgan fingerprint density at radius 3 is 1.28 bits per heavy atom. The molecule has 0 amide bonds. The summed E-state index contributed by atoms with van der Waals surface area (Å²) in [7, 11) is 0. The lowest BCUT2D eigenvalue weighted by Gasteiger charge is -2.24. The van der Waals surface area contributed by atoms with E-state index in [9.17, 15) is 0 Å². The van der Waals surface area contributed by atoms with Crippen molar-refractivity contribution in [2.24, 2.45) is 0 Å². The van der Waals surface area contributed by atoms with Crippen molar-refractivity contribution < 1.29 is 0 Å². The van der Waals surface area contributed by atoms with Crippen LogP contribution in [0.2, 0.25) is 0 Å². The molecule has 0 aromatic heterocycles. The van der Waals surface area contributed by atoms with Crippen molar-refractivity contribution in [2.45, 2.75) is 58.8 Å². The Labute approximate surface area is 233 Å². The van der Waals surface area contributed by atoms with Crippen LogP contribution < -0.4 is 0 Å². The molecule has 0 fully saturated rings. The van der Waals surface area contributed by atoms with Crippen LogP contribution in [0.25, 0.3) is 54.6 Å². The van der Waals surface area contributed by atoms with Crippen molar-refractivity contribution in [1.29, 1.82) is 0 Å². The van der Waals surface area contributed by atoms with Gasteiger partial charge in [-0.15, -0.1) is 0 Å². The maximum Gasteiger partial charge on any atom is -0.00261 e. The Morgan fingerprint density at radius 1 is 0.462 bits per heavy atom. The molecular weight excluding hydrogens is 468 g/mol. The SMILES string of the molecule is CCC(C)(C)c1ccc(-c2c3ccccc3c(-c3ccc(C(C)(C)C)cc3)c3cc4ccccc4cc23)cc1. The summed E-state index contributed by atoms with van der Waals surface area (Å²) in [6, 6.07) is 41.1. The monoisotopic (exact) mass is 506 g/mol. The van der Waals surface area contributed by atoms with Crippen molar-refractivity contribution >= 4 is 32.3 Å². The Kier molecular flexibility index (Phi) is 6.11. The van der Waals surface area contributed by atoms with Crippen LogP contribution in [0.3, 0.4) is 0 Å². The zero-order valence-corrected chi connectivity index (χ0v) is 24.1. The Morgan fingerprint density at radius 2 is 0.872 bits per heavy atom. The Hall–Kier alpha value is -3.90. The highest BCUT2D eigenvalue weighted by Crippen LogP contribution is 2.45. The van der Waals surface area contributed by atoms with E-state index in [2.05, 4.69) is 151 Å². The van der Waals surface area contributed by atoms with Gasteiger partial charge in [0.05, 0.1) is 0 Å². The first-order valence-corrected chi connectivity index (χ1v) is 14.3. The molecule has 6 rings (SSSR count). The van der Waals surface area contributed by atoms with Crippen LogP contribution in [-0.4, -0.2) is 0 Å². The highest BCUT2D eigenvalue weighted by Gasteiger charge is 2.21. The van der Waals surface area contributed by atoms with Gasteiger partial charge in [0.2, 0.25) is 0 Å². The molecule has 0 nitrogen and oxygen atoms in total. The van der Waals surface area contributed by atoms with Gasteiger partial charge in [-0.3, -0.25) is 0 Å². The molecule has 6 aromatic rings. The first kappa shape index (κ1) is 25.4. The molecule has 39 heavy (non-hydrogen) atoms. The molecule has 0 saturated carbocycles. The number of hydrogen-bond donors (Lipinski definition) is 0. The lowest BCUT2D eigenvalue weighted by molar-refractivity contribution is 0.506. The van der Waals surface area contributed by atoms with Gasteiger partial charge in [0.1, 0.15) is 0 Å². The topological polar surface area (TPSA) is 0 Å². The van der Waals surface area contributed by atoms with Crippen LogP contribution >= 0.6 is 0 Å². The van der Waals surface area contributed by atoms with E-state index in [4.69, 9.17) is 0 Å². The zero-order valence-electron chi connectivity index (χ0n) is 24.1. The van der Waals surface area contributed by atoms with Crippen molar-refractivity contribution in [3.63, 3.8) is 0 Å². The second-order valence-corrected chi connectivity index (χ2v) is 12.7. The van der Waals surface area contributed by atoms with Crippen LogP contribution in [0, 0.1) is 0 Å². The van der Waals surface area contributed by atoms with E-state index in [1.807, 2.05) is 0 Å². The van der Waals surface area contributed by atoms with Gasteiger partial charge in [-0.2, -0.15) is 0 Å². The maximum atomic E-state index is 2.41. The molecule has 0 heterocycles. The minimum atomic E-state index is 0.126. The zero-order chi connectivity index (χ0) is 27.4. The fourth-order valence-corrected chi connectivity index (χ4v) is 5.91. The van der Waals surface area contributed by atoms with Crippen molar-refractivity contribution in [2.75, 3.05) is 0 Å². The summed E-state index contributed by atoms with van der Waals surface area (Å²) >= 11 is 0. The molecular formula is C39H38. The van der Waals surface area contributed by atoms with Crippen molar-refractivity contribution in [3.8, 4) is 22.3 Å². The number of fused-ring (bicyclic) bond motifs is 3. The van der Waals surface area contributed by atoms with Crippen LogP contribution in [0.4, 0.5) is 0 Å². The predicted octanol–water partition coefficient (Wildman–Crippen LogP) is 11.5. The lowest BCUT2D eigenvalue weighted by Crippen LogP contribution is -2.14. The van der Waals surface area contributed by atoms with Gasteiger partial charge in [0.25, 0.3) is 0 Å². The largest absolute Gasteiger partial charge is 0.0646 e. The fraction of sp³-hybridized carbons (Fsp3) is 0.231. The van der Waals surface area contributed by atoms with E-state index in [0.29, 0.717) is 0 Å². The van der Waals surface area contributed by atoms with Gasteiger partial charge in [-0.05, 0) is 95.1 Å². The summed E-state index contributed by atoms with van der Waals surface area (Å²) in [5.74, 6) is 0. The molecule has 0 unspecified atom stereocenters. The fourth-order valence-electron chi connectivity index (χ4n) is 5.91. The summed E-state index contributed by atoms with van der Waals surface area (Å²) in [6.45, 7) is 13.8. The van der Waals surface area contributed by atoms with E-state index in [0.717, 1.165) is 6.42 Å². The van der Waals surface area contributed by atoms with Crippen LogP contribution in [0.15, 0.2) is 109 Å². The summed E-state index contributed by atoms with van der Waals surface area (Å²) in [4.78, 5) is 0. The molecule has 0 heteroatoms. The second kappa shape index (κ2) is 9.38. The normalized spacial score (nSPS) is 12.5. The molecule has 6 aromatic carbocycles. The quantitative estimate of drug-likeness (QED) is 0.209. The van der Waals surface area contributed by atoms with E-state index < -0.39 is 0 Å². The van der Waals surface area contributed by atoms with E-state index in [1.54, 1.807) is 0 Å². The van der Waals surface area contributed by atoms with E-state index in [1.165, 1.54) is 65.7 Å². The van der Waals surface area contributed by atoms with Crippen LogP contribution in [-0.2, 0) is 10.8 Å². The maximum absolute atomic E-state index is 2.41. The Balaban J connectivity index is 1.70. The molecule has 0 aliphatic carbocycles. The highest BCUT2D eigenvalue weighted by atomic mass is 14.2. The molecule has 0 bridgehead atoms. The third-order valence-corrected chi connectivity index (χ3v) is 8.77. The average Bonchev–Trinajstić information content (AvgIpc) is 2.94. The third-order valence-electron chi connectivity index (χ3n) is 8.77. The van der Waals surface area contributed by atoms with Gasteiger partial charge in [0.15, 0.2) is 0 Å². The molecule has 0 aliphatic rings.